The summed E-state index contributed by atoms with van der Waals surface area (Å²) in [7, 11) is 0. The standard InChI is InChI=1S/C20H21N3O2/c1-14-12-22-19(25-14)13-21-15(2)17-9-6-10-18(11-17)23-20(24)16-7-4-3-5-8-16/h3-12,15,21H,13H2,1-2H3,(H,23,24)/t15-/m0/s1. The summed E-state index contributed by atoms with van der Waals surface area (Å²) in [6.45, 7) is 4.49. The minimum absolute atomic E-state index is 0.0979. The molecule has 1 heterocycles. The smallest absolute Gasteiger partial charge is 0.255 e. The van der Waals surface area contributed by atoms with E-state index in [-0.39, 0.29) is 11.9 Å². The Labute approximate surface area is 147 Å². The molecule has 5 heteroatoms. The van der Waals surface area contributed by atoms with E-state index in [9.17, 15) is 4.79 Å². The number of aryl methyl sites for hydroxylation is 1. The lowest BCUT2D eigenvalue weighted by Crippen LogP contribution is -2.18. The van der Waals surface area contributed by atoms with Gasteiger partial charge in [0.2, 0.25) is 5.89 Å². The minimum Gasteiger partial charge on any atom is -0.445 e. The van der Waals surface area contributed by atoms with Crippen LogP contribution in [-0.4, -0.2) is 10.9 Å². The SMILES string of the molecule is Cc1cnc(CN[C@@H](C)c2cccc(NC(=O)c3ccccc3)c2)o1. The Kier molecular flexibility index (Phi) is 5.26. The highest BCUT2D eigenvalue weighted by Crippen LogP contribution is 2.18. The fourth-order valence-corrected chi connectivity index (χ4v) is 2.52. The van der Waals surface area contributed by atoms with Gasteiger partial charge in [-0.2, -0.15) is 0 Å². The Morgan fingerprint density at radius 1 is 1.16 bits per heavy atom. The number of carbonyl (C=O) groups excluding carboxylic acids is 1. The highest BCUT2D eigenvalue weighted by Gasteiger charge is 2.10. The van der Waals surface area contributed by atoms with Crippen molar-refractivity contribution in [3.8, 4) is 0 Å². The molecule has 0 spiro atoms. The molecule has 0 aliphatic carbocycles. The monoisotopic (exact) mass is 335 g/mol. The quantitative estimate of drug-likeness (QED) is 0.712. The molecule has 1 atom stereocenters. The topological polar surface area (TPSA) is 67.2 Å². The summed E-state index contributed by atoms with van der Waals surface area (Å²) in [5.74, 6) is 1.35. The first-order valence-electron chi connectivity index (χ1n) is 8.23. The van der Waals surface area contributed by atoms with E-state index in [0.29, 0.717) is 18.0 Å². The number of carbonyl (C=O) groups is 1. The zero-order valence-electron chi connectivity index (χ0n) is 14.3. The van der Waals surface area contributed by atoms with Crippen LogP contribution in [0.25, 0.3) is 0 Å². The third-order valence-electron chi connectivity index (χ3n) is 3.91. The molecule has 3 aromatic rings. The van der Waals surface area contributed by atoms with E-state index in [1.165, 1.54) is 0 Å². The van der Waals surface area contributed by atoms with E-state index in [2.05, 4.69) is 22.5 Å². The molecule has 2 aromatic carbocycles. The molecule has 1 amide bonds. The summed E-state index contributed by atoms with van der Waals surface area (Å²) >= 11 is 0. The van der Waals surface area contributed by atoms with Crippen molar-refractivity contribution in [3.05, 3.63) is 83.6 Å². The molecule has 5 nitrogen and oxygen atoms in total. The lowest BCUT2D eigenvalue weighted by atomic mass is 10.1. The van der Waals surface area contributed by atoms with Crippen molar-refractivity contribution in [1.82, 2.24) is 10.3 Å². The van der Waals surface area contributed by atoms with Gasteiger partial charge in [-0.25, -0.2) is 4.98 Å². The van der Waals surface area contributed by atoms with Gasteiger partial charge in [0, 0.05) is 17.3 Å². The predicted octanol–water partition coefficient (Wildman–Crippen LogP) is 4.09. The van der Waals surface area contributed by atoms with Gasteiger partial charge in [0.1, 0.15) is 5.76 Å². The van der Waals surface area contributed by atoms with Crippen molar-refractivity contribution < 1.29 is 9.21 Å². The van der Waals surface area contributed by atoms with Gasteiger partial charge < -0.3 is 15.1 Å². The first kappa shape index (κ1) is 16.9. The second-order valence-electron chi connectivity index (χ2n) is 5.91. The number of anilines is 1. The van der Waals surface area contributed by atoms with Gasteiger partial charge in [-0.3, -0.25) is 4.79 Å². The number of rotatable bonds is 6. The normalized spacial score (nSPS) is 11.9. The van der Waals surface area contributed by atoms with Crippen LogP contribution in [0.5, 0.6) is 0 Å². The van der Waals surface area contributed by atoms with Gasteiger partial charge in [0.25, 0.3) is 5.91 Å². The van der Waals surface area contributed by atoms with Crippen molar-refractivity contribution in [1.29, 1.82) is 0 Å². The van der Waals surface area contributed by atoms with Gasteiger partial charge in [-0.05, 0) is 43.7 Å². The lowest BCUT2D eigenvalue weighted by molar-refractivity contribution is 0.102. The van der Waals surface area contributed by atoms with Crippen LogP contribution in [0.1, 0.15) is 40.5 Å². The van der Waals surface area contributed by atoms with E-state index in [1.54, 1.807) is 18.3 Å². The Morgan fingerprint density at radius 2 is 1.96 bits per heavy atom. The number of hydrogen-bond acceptors (Lipinski definition) is 4. The predicted molar refractivity (Wildman–Crippen MR) is 97.3 cm³/mol. The molecular weight excluding hydrogens is 314 g/mol. The molecule has 0 aliphatic heterocycles. The molecule has 0 unspecified atom stereocenters. The van der Waals surface area contributed by atoms with Gasteiger partial charge in [0.05, 0.1) is 12.7 Å². The molecule has 0 fully saturated rings. The molecular formula is C20H21N3O2. The van der Waals surface area contributed by atoms with E-state index in [0.717, 1.165) is 17.0 Å². The number of nitrogens with zero attached hydrogens (tertiary/aromatic N) is 1. The van der Waals surface area contributed by atoms with Gasteiger partial charge in [0.15, 0.2) is 0 Å². The summed E-state index contributed by atoms with van der Waals surface area (Å²) in [4.78, 5) is 16.4. The zero-order valence-corrected chi connectivity index (χ0v) is 14.3. The number of nitrogens with one attached hydrogen (secondary N) is 2. The molecule has 0 radical (unpaired) electrons. The fraction of sp³-hybridized carbons (Fsp3) is 0.200. The highest BCUT2D eigenvalue weighted by atomic mass is 16.4. The van der Waals surface area contributed by atoms with Gasteiger partial charge >= 0.3 is 0 Å². The lowest BCUT2D eigenvalue weighted by Gasteiger charge is -2.14. The number of hydrogen-bond donors (Lipinski definition) is 2. The van der Waals surface area contributed by atoms with Crippen LogP contribution in [0.4, 0.5) is 5.69 Å². The van der Waals surface area contributed by atoms with Gasteiger partial charge in [-0.1, -0.05) is 30.3 Å². The second-order valence-corrected chi connectivity index (χ2v) is 5.91. The van der Waals surface area contributed by atoms with E-state index >= 15 is 0 Å². The molecule has 3 rings (SSSR count). The van der Waals surface area contributed by atoms with Crippen molar-refractivity contribution in [2.75, 3.05) is 5.32 Å². The number of aromatic nitrogens is 1. The van der Waals surface area contributed by atoms with Crippen LogP contribution in [0, 0.1) is 6.92 Å². The summed E-state index contributed by atoms with van der Waals surface area (Å²) in [5, 5.41) is 6.30. The van der Waals surface area contributed by atoms with Crippen LogP contribution in [0.15, 0.2) is 65.2 Å². The highest BCUT2D eigenvalue weighted by molar-refractivity contribution is 6.04. The number of oxazole rings is 1. The summed E-state index contributed by atoms with van der Waals surface area (Å²) in [6.07, 6.45) is 1.71. The average molecular weight is 335 g/mol. The Morgan fingerprint density at radius 3 is 2.68 bits per heavy atom. The van der Waals surface area contributed by atoms with Crippen LogP contribution in [-0.2, 0) is 6.54 Å². The van der Waals surface area contributed by atoms with E-state index in [1.807, 2.05) is 49.4 Å². The Bertz CT molecular complexity index is 843. The van der Waals surface area contributed by atoms with Crippen LogP contribution in [0.2, 0.25) is 0 Å². The Balaban J connectivity index is 1.63. The summed E-state index contributed by atoms with van der Waals surface area (Å²) in [6, 6.07) is 17.1. The van der Waals surface area contributed by atoms with Crippen molar-refractivity contribution >= 4 is 11.6 Å². The van der Waals surface area contributed by atoms with E-state index < -0.39 is 0 Å². The van der Waals surface area contributed by atoms with Crippen molar-refractivity contribution in [2.24, 2.45) is 0 Å². The fourth-order valence-electron chi connectivity index (χ4n) is 2.52. The van der Waals surface area contributed by atoms with Crippen molar-refractivity contribution in [2.45, 2.75) is 26.4 Å². The first-order valence-corrected chi connectivity index (χ1v) is 8.23. The number of benzene rings is 2. The third kappa shape index (κ3) is 4.55. The third-order valence-corrected chi connectivity index (χ3v) is 3.91. The zero-order chi connectivity index (χ0) is 17.6. The number of amides is 1. The summed E-state index contributed by atoms with van der Waals surface area (Å²) in [5.41, 5.74) is 2.49. The largest absolute Gasteiger partial charge is 0.445 e. The maximum Gasteiger partial charge on any atom is 0.255 e. The van der Waals surface area contributed by atoms with Crippen molar-refractivity contribution in [3.63, 3.8) is 0 Å². The van der Waals surface area contributed by atoms with Crippen LogP contribution < -0.4 is 10.6 Å². The molecule has 0 bridgehead atoms. The summed E-state index contributed by atoms with van der Waals surface area (Å²) < 4.78 is 5.46. The Hall–Kier alpha value is -2.92. The van der Waals surface area contributed by atoms with Crippen LogP contribution in [0.3, 0.4) is 0 Å². The molecule has 25 heavy (non-hydrogen) atoms. The van der Waals surface area contributed by atoms with E-state index in [4.69, 9.17) is 4.42 Å². The molecule has 0 saturated carbocycles. The van der Waals surface area contributed by atoms with Crippen LogP contribution >= 0.6 is 0 Å². The molecule has 128 valence electrons. The minimum atomic E-state index is -0.117. The average Bonchev–Trinajstić information content (AvgIpc) is 3.06. The maximum atomic E-state index is 12.3. The maximum absolute atomic E-state index is 12.3. The molecule has 2 N–H and O–H groups in total. The second kappa shape index (κ2) is 7.77. The molecule has 0 aliphatic rings. The first-order chi connectivity index (χ1) is 12.1. The molecule has 1 aromatic heterocycles. The molecule has 0 saturated heterocycles. The van der Waals surface area contributed by atoms with Gasteiger partial charge in [-0.15, -0.1) is 0 Å².